The highest BCUT2D eigenvalue weighted by atomic mass is 79.9. The molecule has 41 heavy (non-hydrogen) atoms. The molecular weight excluding hydrogens is 598 g/mol. The summed E-state index contributed by atoms with van der Waals surface area (Å²) in [5, 5.41) is 7.00. The Morgan fingerprint density at radius 1 is 1.07 bits per heavy atom. The van der Waals surface area contributed by atoms with Gasteiger partial charge in [-0.05, 0) is 99.9 Å². The van der Waals surface area contributed by atoms with Gasteiger partial charge in [0.25, 0.3) is 0 Å². The summed E-state index contributed by atoms with van der Waals surface area (Å²) in [6, 6.07) is 12.8. The van der Waals surface area contributed by atoms with Crippen LogP contribution in [0.1, 0.15) is 55.8 Å². The maximum atomic E-state index is 6.77. The molecule has 0 saturated carbocycles. The minimum Gasteiger partial charge on any atom is -0.462 e. The summed E-state index contributed by atoms with van der Waals surface area (Å²) in [6.45, 7) is 6.26. The van der Waals surface area contributed by atoms with Gasteiger partial charge >= 0.3 is 6.01 Å². The van der Waals surface area contributed by atoms with Crippen LogP contribution in [0.3, 0.4) is 0 Å². The first kappa shape index (κ1) is 27.9. The van der Waals surface area contributed by atoms with Crippen molar-refractivity contribution in [3.63, 3.8) is 0 Å². The summed E-state index contributed by atoms with van der Waals surface area (Å²) in [5.74, 6) is 2.16. The molecule has 0 radical (unpaired) electrons. The van der Waals surface area contributed by atoms with Crippen LogP contribution >= 0.6 is 27.5 Å². The molecule has 1 N–H and O–H groups in total. The van der Waals surface area contributed by atoms with Gasteiger partial charge in [0.1, 0.15) is 12.4 Å². The zero-order valence-electron chi connectivity index (χ0n) is 24.2. The molecule has 1 aliphatic carbocycles. The van der Waals surface area contributed by atoms with Gasteiger partial charge in [0, 0.05) is 51.7 Å². The van der Waals surface area contributed by atoms with Crippen LogP contribution in [0.25, 0.3) is 10.8 Å². The number of ether oxygens (including phenoxy) is 1. The van der Waals surface area contributed by atoms with Crippen molar-refractivity contribution >= 4 is 44.1 Å². The van der Waals surface area contributed by atoms with Crippen molar-refractivity contribution in [1.82, 2.24) is 20.2 Å². The fourth-order valence-corrected chi connectivity index (χ4v) is 8.57. The number of nitrogens with zero attached hydrogens (tertiary/aromatic N) is 4. The first-order chi connectivity index (χ1) is 19.9. The molecule has 2 bridgehead atoms. The van der Waals surface area contributed by atoms with Crippen LogP contribution in [0, 0.1) is 11.8 Å². The second kappa shape index (κ2) is 11.6. The van der Waals surface area contributed by atoms with Crippen molar-refractivity contribution < 1.29 is 4.74 Å². The average molecular weight is 639 g/mol. The number of likely N-dealkylation sites (tertiary alicyclic amines) is 1. The molecule has 3 aromatic rings. The summed E-state index contributed by atoms with van der Waals surface area (Å²) < 4.78 is 7.47. The van der Waals surface area contributed by atoms with Gasteiger partial charge in [0.15, 0.2) is 0 Å². The van der Waals surface area contributed by atoms with E-state index in [1.807, 2.05) is 12.1 Å². The minimum absolute atomic E-state index is 0.451. The molecule has 8 heteroatoms. The molecule has 0 amide bonds. The first-order valence-electron chi connectivity index (χ1n) is 15.5. The number of rotatable bonds is 6. The molecule has 0 spiro atoms. The zero-order valence-corrected chi connectivity index (χ0v) is 26.6. The standard InChI is InChI=1S/C33H41BrClN5O/c1-20-15-30-27(12-8-21(20)16-22-9-13-28(34)26-6-3-7-29(35)31(22)26)32(40-17-23-10-11-24(18-40)36-23)38-33(37-30)41-19-25-5-4-14-39(25)2/h3,6-7,9,13,20-21,23-25,36H,4-5,8,10-12,14-19H2,1-2H3/t20?,21?,23?,24?,25-/m0/s1. The van der Waals surface area contributed by atoms with Crippen molar-refractivity contribution in [3.8, 4) is 6.01 Å². The lowest BCUT2D eigenvalue weighted by Gasteiger charge is -2.35. The van der Waals surface area contributed by atoms with Crippen LogP contribution in [-0.4, -0.2) is 66.3 Å². The number of likely N-dealkylation sites (N-methyl/N-ethyl adjacent to an activating group) is 1. The van der Waals surface area contributed by atoms with Gasteiger partial charge in [0.05, 0.1) is 5.69 Å². The molecule has 4 unspecified atom stereocenters. The number of halogens is 2. The number of anilines is 1. The Balaban J connectivity index is 1.18. The molecule has 4 heterocycles. The van der Waals surface area contributed by atoms with E-state index in [0.29, 0.717) is 42.6 Å². The highest BCUT2D eigenvalue weighted by molar-refractivity contribution is 9.10. The Morgan fingerprint density at radius 3 is 2.68 bits per heavy atom. The number of nitrogens with one attached hydrogen (secondary N) is 1. The topological polar surface area (TPSA) is 53.5 Å². The Morgan fingerprint density at radius 2 is 1.90 bits per heavy atom. The summed E-state index contributed by atoms with van der Waals surface area (Å²) in [6.07, 6.45) is 9.04. The normalized spacial score (nSPS) is 28.2. The predicted molar refractivity (Wildman–Crippen MR) is 170 cm³/mol. The molecule has 7 rings (SSSR count). The molecule has 6 nitrogen and oxygen atoms in total. The number of aromatic nitrogens is 2. The highest BCUT2D eigenvalue weighted by Gasteiger charge is 2.36. The molecule has 3 saturated heterocycles. The molecule has 3 aliphatic heterocycles. The summed E-state index contributed by atoms with van der Waals surface area (Å²) >= 11 is 10.5. The smallest absolute Gasteiger partial charge is 0.318 e. The van der Waals surface area contributed by atoms with Crippen molar-refractivity contribution in [2.24, 2.45) is 11.8 Å². The van der Waals surface area contributed by atoms with Gasteiger partial charge in [-0.3, -0.25) is 0 Å². The summed E-state index contributed by atoms with van der Waals surface area (Å²) in [4.78, 5) is 15.2. The summed E-state index contributed by atoms with van der Waals surface area (Å²) in [7, 11) is 2.20. The van der Waals surface area contributed by atoms with E-state index in [-0.39, 0.29) is 0 Å². The average Bonchev–Trinajstić information content (AvgIpc) is 3.49. The summed E-state index contributed by atoms with van der Waals surface area (Å²) in [5.41, 5.74) is 3.89. The lowest BCUT2D eigenvalue weighted by Crippen LogP contribution is -2.51. The van der Waals surface area contributed by atoms with Crippen molar-refractivity contribution in [1.29, 1.82) is 0 Å². The largest absolute Gasteiger partial charge is 0.462 e. The van der Waals surface area contributed by atoms with E-state index in [0.717, 1.165) is 60.6 Å². The van der Waals surface area contributed by atoms with Gasteiger partial charge < -0.3 is 19.9 Å². The molecule has 218 valence electrons. The second-order valence-electron chi connectivity index (χ2n) is 12.9. The number of piperazine rings is 1. The van der Waals surface area contributed by atoms with Crippen molar-refractivity contribution in [2.45, 2.75) is 76.4 Å². The van der Waals surface area contributed by atoms with Crippen LogP contribution in [0.15, 0.2) is 34.8 Å². The maximum Gasteiger partial charge on any atom is 0.318 e. The Hall–Kier alpha value is -1.93. The van der Waals surface area contributed by atoms with Gasteiger partial charge in [-0.25, -0.2) is 0 Å². The Bertz CT molecular complexity index is 1420. The SMILES string of the molecule is CC1Cc2nc(OC[C@@H]3CCCN3C)nc(N3CC4CCC(C3)N4)c2CCC1Cc1ccc(Br)c2cccc(Cl)c12. The zero-order chi connectivity index (χ0) is 28.1. The van der Waals surface area contributed by atoms with Crippen LogP contribution in [0.2, 0.25) is 5.02 Å². The molecular formula is C33H41BrClN5O. The highest BCUT2D eigenvalue weighted by Crippen LogP contribution is 2.39. The fraction of sp³-hybridized carbons (Fsp3) is 0.576. The number of benzene rings is 2. The van der Waals surface area contributed by atoms with E-state index in [1.54, 1.807) is 0 Å². The van der Waals surface area contributed by atoms with Gasteiger partial charge in [0.2, 0.25) is 0 Å². The first-order valence-corrected chi connectivity index (χ1v) is 16.7. The second-order valence-corrected chi connectivity index (χ2v) is 14.2. The monoisotopic (exact) mass is 637 g/mol. The third-order valence-electron chi connectivity index (χ3n) is 10.2. The van der Waals surface area contributed by atoms with Crippen LogP contribution < -0.4 is 15.0 Å². The Kier molecular flexibility index (Phi) is 7.91. The van der Waals surface area contributed by atoms with Crippen LogP contribution in [0.5, 0.6) is 6.01 Å². The molecule has 5 atom stereocenters. The van der Waals surface area contributed by atoms with Crippen LogP contribution in [0.4, 0.5) is 5.82 Å². The Labute approximate surface area is 257 Å². The number of hydrogen-bond acceptors (Lipinski definition) is 6. The van der Waals surface area contributed by atoms with Crippen LogP contribution in [-0.2, 0) is 19.3 Å². The van der Waals surface area contributed by atoms with Gasteiger partial charge in [-0.1, -0.05) is 52.7 Å². The van der Waals surface area contributed by atoms with E-state index < -0.39 is 0 Å². The predicted octanol–water partition coefficient (Wildman–Crippen LogP) is 6.44. The third kappa shape index (κ3) is 5.60. The number of fused-ring (bicyclic) bond motifs is 4. The van der Waals surface area contributed by atoms with Crippen molar-refractivity contribution in [3.05, 3.63) is 56.6 Å². The lowest BCUT2D eigenvalue weighted by molar-refractivity contribution is 0.187. The molecule has 4 aliphatic rings. The maximum absolute atomic E-state index is 6.77. The molecule has 3 fully saturated rings. The minimum atomic E-state index is 0.451. The van der Waals surface area contributed by atoms with E-state index in [2.05, 4.69) is 63.2 Å². The number of hydrogen-bond donors (Lipinski definition) is 1. The van der Waals surface area contributed by atoms with Gasteiger partial charge in [-0.15, -0.1) is 0 Å². The quantitative estimate of drug-likeness (QED) is 0.314. The molecule has 1 aromatic heterocycles. The van der Waals surface area contributed by atoms with Gasteiger partial charge in [-0.2, -0.15) is 9.97 Å². The fourth-order valence-electron chi connectivity index (χ4n) is 7.81. The van der Waals surface area contributed by atoms with E-state index >= 15 is 0 Å². The van der Waals surface area contributed by atoms with E-state index in [4.69, 9.17) is 26.3 Å². The lowest BCUT2D eigenvalue weighted by atomic mass is 9.83. The van der Waals surface area contributed by atoms with E-state index in [9.17, 15) is 0 Å². The molecule has 2 aromatic carbocycles. The van der Waals surface area contributed by atoms with E-state index in [1.165, 1.54) is 53.3 Å². The van der Waals surface area contributed by atoms with Crippen molar-refractivity contribution in [2.75, 3.05) is 38.2 Å². The third-order valence-corrected chi connectivity index (χ3v) is 11.2.